The summed E-state index contributed by atoms with van der Waals surface area (Å²) in [4.78, 5) is 24.6. The van der Waals surface area contributed by atoms with Gasteiger partial charge >= 0.3 is 12.1 Å². The highest BCUT2D eigenvalue weighted by Gasteiger charge is 2.35. The number of amides is 1. The molecule has 6 nitrogen and oxygen atoms in total. The van der Waals surface area contributed by atoms with Gasteiger partial charge in [0.2, 0.25) is 5.91 Å². The lowest BCUT2D eigenvalue weighted by atomic mass is 9.97. The van der Waals surface area contributed by atoms with Crippen molar-refractivity contribution in [2.45, 2.75) is 32.0 Å². The van der Waals surface area contributed by atoms with Gasteiger partial charge in [-0.05, 0) is 25.8 Å². The summed E-state index contributed by atoms with van der Waals surface area (Å²) < 4.78 is 38.5. The number of halogens is 3. The predicted octanol–water partition coefficient (Wildman–Crippen LogP) is 1.79. The van der Waals surface area contributed by atoms with Crippen molar-refractivity contribution in [2.75, 3.05) is 13.1 Å². The molecule has 1 aromatic heterocycles. The van der Waals surface area contributed by atoms with Crippen LogP contribution < -0.4 is 0 Å². The molecule has 2 rings (SSSR count). The second kappa shape index (κ2) is 5.98. The molecule has 1 amide bonds. The molecule has 0 aliphatic carbocycles. The molecule has 1 unspecified atom stereocenters. The number of carbonyl (C=O) groups excluding carboxylic acids is 1. The third kappa shape index (κ3) is 3.40. The smallest absolute Gasteiger partial charge is 0.435 e. The van der Waals surface area contributed by atoms with Crippen LogP contribution in [0.3, 0.4) is 0 Å². The van der Waals surface area contributed by atoms with Gasteiger partial charge < -0.3 is 10.0 Å². The zero-order valence-electron chi connectivity index (χ0n) is 11.9. The van der Waals surface area contributed by atoms with E-state index in [1.807, 2.05) is 0 Å². The molecule has 1 aliphatic heterocycles. The van der Waals surface area contributed by atoms with Crippen LogP contribution in [-0.4, -0.2) is 44.8 Å². The Morgan fingerprint density at radius 1 is 1.36 bits per heavy atom. The van der Waals surface area contributed by atoms with E-state index >= 15 is 0 Å². The monoisotopic (exact) mass is 319 g/mol. The Morgan fingerprint density at radius 3 is 2.41 bits per heavy atom. The number of piperidine rings is 1. The van der Waals surface area contributed by atoms with Crippen LogP contribution >= 0.6 is 0 Å². The Balaban J connectivity index is 2.01. The van der Waals surface area contributed by atoms with Gasteiger partial charge in [-0.25, -0.2) is 0 Å². The van der Waals surface area contributed by atoms with Gasteiger partial charge in [-0.15, -0.1) is 0 Å². The van der Waals surface area contributed by atoms with E-state index in [0.29, 0.717) is 12.8 Å². The van der Waals surface area contributed by atoms with Crippen molar-refractivity contribution in [2.24, 2.45) is 5.92 Å². The number of likely N-dealkylation sites (tertiary alicyclic amines) is 1. The van der Waals surface area contributed by atoms with Crippen molar-refractivity contribution in [3.63, 3.8) is 0 Å². The molecule has 0 saturated carbocycles. The number of aromatic nitrogens is 2. The summed E-state index contributed by atoms with van der Waals surface area (Å²) in [5, 5.41) is 12.3. The summed E-state index contributed by atoms with van der Waals surface area (Å²) in [6, 6.07) is -0.0436. The largest absolute Gasteiger partial charge is 0.481 e. The minimum atomic E-state index is -4.55. The van der Waals surface area contributed by atoms with Gasteiger partial charge in [0.1, 0.15) is 6.04 Å². The van der Waals surface area contributed by atoms with Gasteiger partial charge in [-0.2, -0.15) is 18.3 Å². The summed E-state index contributed by atoms with van der Waals surface area (Å²) in [6.07, 6.45) is -2.73. The number of rotatable bonds is 3. The Bertz CT molecular complexity index is 562. The quantitative estimate of drug-likeness (QED) is 0.921. The Hall–Kier alpha value is -2.06. The molecule has 1 aliphatic rings. The molecular formula is C13H16F3N3O3. The van der Waals surface area contributed by atoms with Crippen LogP contribution in [0.15, 0.2) is 12.3 Å². The summed E-state index contributed by atoms with van der Waals surface area (Å²) in [7, 11) is 0. The first-order valence-electron chi connectivity index (χ1n) is 6.84. The zero-order chi connectivity index (χ0) is 16.5. The molecule has 22 heavy (non-hydrogen) atoms. The van der Waals surface area contributed by atoms with E-state index in [-0.39, 0.29) is 19.0 Å². The van der Waals surface area contributed by atoms with E-state index in [1.165, 1.54) is 11.8 Å². The molecule has 0 radical (unpaired) electrons. The normalized spacial score (nSPS) is 18.3. The molecule has 0 aromatic carbocycles. The molecule has 2 heterocycles. The molecule has 1 aromatic rings. The van der Waals surface area contributed by atoms with Crippen molar-refractivity contribution in [1.82, 2.24) is 14.7 Å². The first-order valence-corrected chi connectivity index (χ1v) is 6.84. The van der Waals surface area contributed by atoms with Crippen molar-refractivity contribution < 1.29 is 27.9 Å². The van der Waals surface area contributed by atoms with Gasteiger partial charge in [0.25, 0.3) is 0 Å². The maximum absolute atomic E-state index is 12.5. The summed E-state index contributed by atoms with van der Waals surface area (Å²) in [6.45, 7) is 2.04. The lowest BCUT2D eigenvalue weighted by Crippen LogP contribution is -2.43. The molecular weight excluding hydrogens is 303 g/mol. The fraction of sp³-hybridized carbons (Fsp3) is 0.615. The minimum absolute atomic E-state index is 0.285. The highest BCUT2D eigenvalue weighted by atomic mass is 19.4. The van der Waals surface area contributed by atoms with Gasteiger partial charge in [0.15, 0.2) is 5.69 Å². The highest BCUT2D eigenvalue weighted by molar-refractivity contribution is 5.80. The summed E-state index contributed by atoms with van der Waals surface area (Å²) in [5.41, 5.74) is -1.04. The van der Waals surface area contributed by atoms with Gasteiger partial charge in [-0.1, -0.05) is 0 Å². The van der Waals surface area contributed by atoms with Crippen molar-refractivity contribution in [3.05, 3.63) is 18.0 Å². The molecule has 1 fully saturated rings. The SMILES string of the molecule is CC(C(=O)N1CCC(C(=O)O)CC1)n1ccc(C(F)(F)F)n1. The topological polar surface area (TPSA) is 75.4 Å². The number of carboxylic acid groups (broad SMARTS) is 1. The van der Waals surface area contributed by atoms with E-state index in [4.69, 9.17) is 5.11 Å². The zero-order valence-corrected chi connectivity index (χ0v) is 11.9. The lowest BCUT2D eigenvalue weighted by Gasteiger charge is -2.32. The third-order valence-corrected chi connectivity index (χ3v) is 3.81. The van der Waals surface area contributed by atoms with Crippen LogP contribution in [-0.2, 0) is 15.8 Å². The average Bonchev–Trinajstić information content (AvgIpc) is 2.95. The van der Waals surface area contributed by atoms with Crippen LogP contribution in [0.25, 0.3) is 0 Å². The summed E-state index contributed by atoms with van der Waals surface area (Å²) >= 11 is 0. The lowest BCUT2D eigenvalue weighted by molar-refractivity contribution is -0.146. The first-order chi connectivity index (χ1) is 10.2. The van der Waals surface area contributed by atoms with Crippen LogP contribution in [0.1, 0.15) is 31.5 Å². The Labute approximate surface area is 124 Å². The van der Waals surface area contributed by atoms with E-state index in [1.54, 1.807) is 0 Å². The standard InChI is InChI=1S/C13H16F3N3O3/c1-8(19-7-4-10(17-19)13(14,15)16)11(20)18-5-2-9(3-6-18)12(21)22/h4,7-9H,2-3,5-6H2,1H3,(H,21,22). The molecule has 1 atom stereocenters. The van der Waals surface area contributed by atoms with Crippen molar-refractivity contribution >= 4 is 11.9 Å². The minimum Gasteiger partial charge on any atom is -0.481 e. The molecule has 0 spiro atoms. The van der Waals surface area contributed by atoms with Gasteiger partial charge in [0, 0.05) is 19.3 Å². The maximum Gasteiger partial charge on any atom is 0.435 e. The second-order valence-corrected chi connectivity index (χ2v) is 5.29. The maximum atomic E-state index is 12.5. The van der Waals surface area contributed by atoms with Crippen LogP contribution in [0.2, 0.25) is 0 Å². The fourth-order valence-electron chi connectivity index (χ4n) is 2.43. The summed E-state index contributed by atoms with van der Waals surface area (Å²) in [5.74, 6) is -1.72. The van der Waals surface area contributed by atoms with Gasteiger partial charge in [-0.3, -0.25) is 14.3 Å². The van der Waals surface area contributed by atoms with E-state index in [2.05, 4.69) is 5.10 Å². The number of carboxylic acids is 1. The Morgan fingerprint density at radius 2 is 1.95 bits per heavy atom. The first kappa shape index (κ1) is 16.3. The third-order valence-electron chi connectivity index (χ3n) is 3.81. The van der Waals surface area contributed by atoms with Gasteiger partial charge in [0.05, 0.1) is 5.92 Å². The number of nitrogens with zero attached hydrogens (tertiary/aromatic N) is 3. The van der Waals surface area contributed by atoms with Crippen molar-refractivity contribution in [1.29, 1.82) is 0 Å². The van der Waals surface area contributed by atoms with Crippen LogP contribution in [0, 0.1) is 5.92 Å². The number of aliphatic carboxylic acids is 1. The van der Waals surface area contributed by atoms with E-state index < -0.39 is 29.8 Å². The number of hydrogen-bond acceptors (Lipinski definition) is 3. The number of alkyl halides is 3. The molecule has 1 saturated heterocycles. The molecule has 9 heteroatoms. The van der Waals surface area contributed by atoms with Crippen LogP contribution in [0.5, 0.6) is 0 Å². The van der Waals surface area contributed by atoms with Crippen molar-refractivity contribution in [3.8, 4) is 0 Å². The average molecular weight is 319 g/mol. The molecule has 1 N–H and O–H groups in total. The second-order valence-electron chi connectivity index (χ2n) is 5.29. The predicted molar refractivity (Wildman–Crippen MR) is 68.9 cm³/mol. The van der Waals surface area contributed by atoms with E-state index in [9.17, 15) is 22.8 Å². The fourth-order valence-corrected chi connectivity index (χ4v) is 2.43. The molecule has 122 valence electrons. The number of hydrogen-bond donors (Lipinski definition) is 1. The van der Waals surface area contributed by atoms with Crippen LogP contribution in [0.4, 0.5) is 13.2 Å². The Kier molecular flexibility index (Phi) is 4.43. The number of carbonyl (C=O) groups is 2. The van der Waals surface area contributed by atoms with E-state index in [0.717, 1.165) is 16.9 Å². The molecule has 0 bridgehead atoms. The highest BCUT2D eigenvalue weighted by Crippen LogP contribution is 2.28.